The van der Waals surface area contributed by atoms with E-state index >= 15 is 0 Å². The van der Waals surface area contributed by atoms with Crippen LogP contribution in [0.3, 0.4) is 0 Å². The minimum atomic E-state index is -0.328. The van der Waals surface area contributed by atoms with Gasteiger partial charge in [0.25, 0.3) is 0 Å². The first-order valence-electron chi connectivity index (χ1n) is 6.47. The number of H-pyrrole nitrogens is 1. The van der Waals surface area contributed by atoms with Crippen LogP contribution in [0.25, 0.3) is 11.0 Å². The highest BCUT2D eigenvalue weighted by Crippen LogP contribution is 2.25. The van der Waals surface area contributed by atoms with E-state index in [1.807, 2.05) is 12.1 Å². The topological polar surface area (TPSA) is 66.9 Å². The van der Waals surface area contributed by atoms with E-state index in [1.165, 1.54) is 4.57 Å². The molecule has 0 aliphatic rings. The maximum atomic E-state index is 12.1. The van der Waals surface area contributed by atoms with Gasteiger partial charge in [-0.25, -0.2) is 4.79 Å². The molecule has 0 unspecified atom stereocenters. The highest BCUT2D eigenvalue weighted by molar-refractivity contribution is 6.42. The number of imidazole rings is 1. The van der Waals surface area contributed by atoms with Gasteiger partial charge < -0.3 is 10.3 Å². The SMILES string of the molecule is O=C(Cn1c(=O)[nH]c2ccccc21)Nc1ccc(Cl)c(Cl)c1. The van der Waals surface area contributed by atoms with Gasteiger partial charge in [-0.15, -0.1) is 0 Å². The van der Waals surface area contributed by atoms with Crippen molar-refractivity contribution in [3.8, 4) is 0 Å². The standard InChI is InChI=1S/C15H11Cl2N3O2/c16-10-6-5-9(7-11(10)17)18-14(21)8-20-13-4-2-1-3-12(13)19-15(20)22/h1-7H,8H2,(H,18,21)(H,19,22). The van der Waals surface area contributed by atoms with Crippen molar-refractivity contribution in [2.24, 2.45) is 0 Å². The molecule has 0 saturated carbocycles. The Kier molecular flexibility index (Phi) is 3.92. The van der Waals surface area contributed by atoms with Gasteiger partial charge in [-0.3, -0.25) is 9.36 Å². The molecule has 1 aromatic heterocycles. The van der Waals surface area contributed by atoms with Gasteiger partial charge in [0.15, 0.2) is 0 Å². The smallest absolute Gasteiger partial charge is 0.324 e. The van der Waals surface area contributed by atoms with Crippen LogP contribution < -0.4 is 11.0 Å². The molecule has 0 fully saturated rings. The van der Waals surface area contributed by atoms with Crippen molar-refractivity contribution in [3.63, 3.8) is 0 Å². The summed E-state index contributed by atoms with van der Waals surface area (Å²) in [5, 5.41) is 3.44. The average molecular weight is 336 g/mol. The predicted molar refractivity (Wildman–Crippen MR) is 87.7 cm³/mol. The maximum Gasteiger partial charge on any atom is 0.326 e. The number of carbonyl (C=O) groups excluding carboxylic acids is 1. The lowest BCUT2D eigenvalue weighted by Crippen LogP contribution is -2.25. The summed E-state index contributed by atoms with van der Waals surface area (Å²) in [6.45, 7) is -0.0942. The summed E-state index contributed by atoms with van der Waals surface area (Å²) in [6.07, 6.45) is 0. The number of fused-ring (bicyclic) bond motifs is 1. The zero-order chi connectivity index (χ0) is 15.7. The third kappa shape index (κ3) is 2.86. The lowest BCUT2D eigenvalue weighted by molar-refractivity contribution is -0.116. The second kappa shape index (κ2) is 5.87. The Hall–Kier alpha value is -2.24. The number of hydrogen-bond acceptors (Lipinski definition) is 2. The number of amides is 1. The molecule has 2 N–H and O–H groups in total. The van der Waals surface area contributed by atoms with E-state index in [4.69, 9.17) is 23.2 Å². The van der Waals surface area contributed by atoms with E-state index in [0.717, 1.165) is 0 Å². The zero-order valence-electron chi connectivity index (χ0n) is 11.3. The summed E-state index contributed by atoms with van der Waals surface area (Å²) >= 11 is 11.7. The first kappa shape index (κ1) is 14.7. The van der Waals surface area contributed by atoms with E-state index < -0.39 is 0 Å². The minimum Gasteiger partial charge on any atom is -0.324 e. The molecule has 1 heterocycles. The lowest BCUT2D eigenvalue weighted by atomic mass is 10.3. The molecule has 112 valence electrons. The normalized spacial score (nSPS) is 10.8. The number of hydrogen-bond donors (Lipinski definition) is 2. The number of halogens is 2. The Morgan fingerprint density at radius 3 is 2.68 bits per heavy atom. The zero-order valence-corrected chi connectivity index (χ0v) is 12.8. The van der Waals surface area contributed by atoms with E-state index in [-0.39, 0.29) is 18.1 Å². The number of aromatic nitrogens is 2. The summed E-state index contributed by atoms with van der Waals surface area (Å²) in [7, 11) is 0. The second-order valence-electron chi connectivity index (χ2n) is 4.71. The van der Waals surface area contributed by atoms with E-state index in [0.29, 0.717) is 26.8 Å². The molecule has 0 aliphatic carbocycles. The van der Waals surface area contributed by atoms with E-state index in [2.05, 4.69) is 10.3 Å². The molecule has 0 radical (unpaired) electrons. The summed E-state index contributed by atoms with van der Waals surface area (Å²) in [5.41, 5.74) is 1.56. The molecule has 0 atom stereocenters. The van der Waals surface area contributed by atoms with Crippen LogP contribution in [0.5, 0.6) is 0 Å². The summed E-state index contributed by atoms with van der Waals surface area (Å²) in [4.78, 5) is 26.7. The first-order valence-corrected chi connectivity index (χ1v) is 7.22. The van der Waals surface area contributed by atoms with Crippen LogP contribution in [-0.2, 0) is 11.3 Å². The number of nitrogens with zero attached hydrogens (tertiary/aromatic N) is 1. The van der Waals surface area contributed by atoms with Crippen LogP contribution in [0.4, 0.5) is 5.69 Å². The number of nitrogens with one attached hydrogen (secondary N) is 2. The van der Waals surface area contributed by atoms with Gasteiger partial charge in [0.05, 0.1) is 21.1 Å². The fourth-order valence-electron chi connectivity index (χ4n) is 2.18. The van der Waals surface area contributed by atoms with Crippen LogP contribution in [0.2, 0.25) is 10.0 Å². The number of anilines is 1. The Morgan fingerprint density at radius 2 is 1.91 bits per heavy atom. The fraction of sp³-hybridized carbons (Fsp3) is 0.0667. The lowest BCUT2D eigenvalue weighted by Gasteiger charge is -2.07. The molecule has 7 heteroatoms. The Balaban J connectivity index is 1.82. The van der Waals surface area contributed by atoms with Crippen molar-refractivity contribution in [1.82, 2.24) is 9.55 Å². The molecule has 3 aromatic rings. The van der Waals surface area contributed by atoms with Crippen molar-refractivity contribution >= 4 is 45.8 Å². The van der Waals surface area contributed by atoms with Gasteiger partial charge in [0, 0.05) is 5.69 Å². The van der Waals surface area contributed by atoms with Gasteiger partial charge >= 0.3 is 5.69 Å². The average Bonchev–Trinajstić information content (AvgIpc) is 2.79. The fourth-order valence-corrected chi connectivity index (χ4v) is 2.48. The van der Waals surface area contributed by atoms with Crippen molar-refractivity contribution in [2.75, 3.05) is 5.32 Å². The molecule has 0 bridgehead atoms. The first-order chi connectivity index (χ1) is 10.5. The molecule has 1 amide bonds. The molecule has 22 heavy (non-hydrogen) atoms. The quantitative estimate of drug-likeness (QED) is 0.771. The molecule has 0 aliphatic heterocycles. The molecule has 0 saturated heterocycles. The Morgan fingerprint density at radius 1 is 1.14 bits per heavy atom. The van der Waals surface area contributed by atoms with Crippen LogP contribution in [-0.4, -0.2) is 15.5 Å². The number of aromatic amines is 1. The Labute approximate surface area is 135 Å². The highest BCUT2D eigenvalue weighted by atomic mass is 35.5. The van der Waals surface area contributed by atoms with E-state index in [1.54, 1.807) is 30.3 Å². The molecule has 2 aromatic carbocycles. The Bertz CT molecular complexity index is 915. The van der Waals surface area contributed by atoms with Crippen LogP contribution >= 0.6 is 23.2 Å². The molecule has 3 rings (SSSR count). The maximum absolute atomic E-state index is 12.1. The van der Waals surface area contributed by atoms with Gasteiger partial charge in [-0.1, -0.05) is 35.3 Å². The van der Waals surface area contributed by atoms with Gasteiger partial charge in [0.1, 0.15) is 6.54 Å². The molecule has 5 nitrogen and oxygen atoms in total. The van der Waals surface area contributed by atoms with Crippen molar-refractivity contribution in [3.05, 3.63) is 63.0 Å². The van der Waals surface area contributed by atoms with Crippen LogP contribution in [0, 0.1) is 0 Å². The third-order valence-electron chi connectivity index (χ3n) is 3.19. The number of para-hydroxylation sites is 2. The van der Waals surface area contributed by atoms with Crippen LogP contribution in [0.1, 0.15) is 0 Å². The van der Waals surface area contributed by atoms with E-state index in [9.17, 15) is 9.59 Å². The summed E-state index contributed by atoms with van der Waals surface area (Å²) in [5.74, 6) is -0.328. The highest BCUT2D eigenvalue weighted by Gasteiger charge is 2.11. The van der Waals surface area contributed by atoms with Gasteiger partial charge in [-0.05, 0) is 30.3 Å². The molecular weight excluding hydrogens is 325 g/mol. The van der Waals surface area contributed by atoms with Crippen molar-refractivity contribution in [2.45, 2.75) is 6.54 Å². The number of carbonyl (C=O) groups is 1. The van der Waals surface area contributed by atoms with Crippen LogP contribution in [0.15, 0.2) is 47.3 Å². The minimum absolute atomic E-state index is 0.0942. The molecular formula is C15H11Cl2N3O2. The second-order valence-corrected chi connectivity index (χ2v) is 5.52. The summed E-state index contributed by atoms with van der Waals surface area (Å²) in [6, 6.07) is 12.0. The summed E-state index contributed by atoms with van der Waals surface area (Å²) < 4.78 is 1.38. The van der Waals surface area contributed by atoms with Crippen molar-refractivity contribution in [1.29, 1.82) is 0 Å². The van der Waals surface area contributed by atoms with Gasteiger partial charge in [-0.2, -0.15) is 0 Å². The third-order valence-corrected chi connectivity index (χ3v) is 3.93. The van der Waals surface area contributed by atoms with Crippen molar-refractivity contribution < 1.29 is 4.79 Å². The predicted octanol–water partition coefficient (Wildman–Crippen LogP) is 3.28. The molecule has 0 spiro atoms. The largest absolute Gasteiger partial charge is 0.326 e. The number of rotatable bonds is 3. The monoisotopic (exact) mass is 335 g/mol. The number of benzene rings is 2. The van der Waals surface area contributed by atoms with Gasteiger partial charge in [0.2, 0.25) is 5.91 Å².